The van der Waals surface area contributed by atoms with Gasteiger partial charge >= 0.3 is 0 Å². The topological polar surface area (TPSA) is 41.5 Å². The molecule has 1 amide bonds. The number of rotatable bonds is 0. The van der Waals surface area contributed by atoms with E-state index >= 15 is 0 Å². The van der Waals surface area contributed by atoms with Crippen molar-refractivity contribution < 1.29 is 4.79 Å². The summed E-state index contributed by atoms with van der Waals surface area (Å²) in [5.41, 5.74) is 1.41. The average Bonchev–Trinajstić information content (AvgIpc) is 2.82. The molecular formula is C9H7ClN2O. The molecule has 4 heteroatoms. The predicted octanol–water partition coefficient (Wildman–Crippen LogP) is 1.32. The number of aliphatic imine (C=N–C) groups is 1. The third-order valence-corrected chi connectivity index (χ3v) is 3.11. The molecule has 0 unspecified atom stereocenters. The molecule has 0 saturated heterocycles. The molecule has 2 heterocycles. The van der Waals surface area contributed by atoms with Crippen molar-refractivity contribution >= 4 is 23.2 Å². The first-order valence-corrected chi connectivity index (χ1v) is 4.58. The molecule has 66 valence electrons. The van der Waals surface area contributed by atoms with Gasteiger partial charge in [-0.3, -0.25) is 9.79 Å². The number of nitrogens with one attached hydrogen (secondary N) is 1. The van der Waals surface area contributed by atoms with Crippen LogP contribution < -0.4 is 5.32 Å². The molecular weight excluding hydrogens is 188 g/mol. The van der Waals surface area contributed by atoms with E-state index in [1.165, 1.54) is 0 Å². The van der Waals surface area contributed by atoms with Gasteiger partial charge in [0.1, 0.15) is 0 Å². The lowest BCUT2D eigenvalue weighted by Gasteiger charge is -2.20. The Labute approximate surface area is 80.2 Å². The summed E-state index contributed by atoms with van der Waals surface area (Å²) < 4.78 is 0. The standard InChI is InChI=1S/C9H7ClN2O/c10-6-4-11-7-5(6)3-12-8(13)9(7)1-2-9/h3-4H,1-2H2,(H,12,13). The maximum absolute atomic E-state index is 11.5. The van der Waals surface area contributed by atoms with Crippen LogP contribution in [-0.4, -0.2) is 11.6 Å². The monoisotopic (exact) mass is 194 g/mol. The molecule has 0 atom stereocenters. The Morgan fingerprint density at radius 1 is 1.54 bits per heavy atom. The van der Waals surface area contributed by atoms with Gasteiger partial charge in [-0.2, -0.15) is 0 Å². The van der Waals surface area contributed by atoms with Gasteiger partial charge in [-0.15, -0.1) is 0 Å². The van der Waals surface area contributed by atoms with Crippen molar-refractivity contribution in [3.05, 3.63) is 23.0 Å². The first-order valence-electron chi connectivity index (χ1n) is 4.20. The molecule has 3 aliphatic rings. The second kappa shape index (κ2) is 2.04. The fourth-order valence-corrected chi connectivity index (χ4v) is 2.06. The van der Waals surface area contributed by atoms with Crippen LogP contribution in [0.2, 0.25) is 0 Å². The molecule has 0 aromatic heterocycles. The van der Waals surface area contributed by atoms with Crippen LogP contribution in [-0.2, 0) is 4.79 Å². The summed E-state index contributed by atoms with van der Waals surface area (Å²) in [5, 5.41) is 3.36. The first kappa shape index (κ1) is 7.33. The Bertz CT molecular complexity index is 402. The zero-order valence-electron chi connectivity index (χ0n) is 6.80. The van der Waals surface area contributed by atoms with Crippen molar-refractivity contribution in [2.45, 2.75) is 12.8 Å². The highest BCUT2D eigenvalue weighted by Crippen LogP contribution is 2.52. The van der Waals surface area contributed by atoms with E-state index in [0.717, 1.165) is 24.1 Å². The molecule has 0 bridgehead atoms. The Balaban J connectivity index is 2.14. The highest BCUT2D eigenvalue weighted by molar-refractivity contribution is 6.39. The van der Waals surface area contributed by atoms with E-state index in [1.54, 1.807) is 12.4 Å². The molecule has 0 radical (unpaired) electrons. The summed E-state index contributed by atoms with van der Waals surface area (Å²) in [5.74, 6) is 0.0646. The van der Waals surface area contributed by atoms with E-state index in [2.05, 4.69) is 10.3 Å². The number of allylic oxidation sites excluding steroid dienone is 2. The minimum atomic E-state index is -0.336. The fourth-order valence-electron chi connectivity index (χ4n) is 1.86. The van der Waals surface area contributed by atoms with Crippen molar-refractivity contribution in [2.75, 3.05) is 0 Å². The SMILES string of the molecule is O=C1NC=C2C(Cl)=CN=C2C12CC2. The lowest BCUT2D eigenvalue weighted by atomic mass is 9.91. The van der Waals surface area contributed by atoms with Crippen LogP contribution in [0.4, 0.5) is 0 Å². The maximum Gasteiger partial charge on any atom is 0.236 e. The van der Waals surface area contributed by atoms with Gasteiger partial charge in [0, 0.05) is 18.0 Å². The third-order valence-electron chi connectivity index (χ3n) is 2.80. The molecule has 1 spiro atoms. The molecule has 1 fully saturated rings. The second-order valence-corrected chi connectivity index (χ2v) is 3.98. The molecule has 0 aromatic rings. The molecule has 0 aromatic carbocycles. The summed E-state index contributed by atoms with van der Waals surface area (Å²) in [7, 11) is 0. The Morgan fingerprint density at radius 3 is 3.00 bits per heavy atom. The van der Waals surface area contributed by atoms with Gasteiger partial charge in [0.15, 0.2) is 0 Å². The summed E-state index contributed by atoms with van der Waals surface area (Å²) >= 11 is 5.92. The normalized spacial score (nSPS) is 27.5. The van der Waals surface area contributed by atoms with Crippen LogP contribution in [0.5, 0.6) is 0 Å². The smallest absolute Gasteiger partial charge is 0.236 e. The van der Waals surface area contributed by atoms with Gasteiger partial charge in [-0.1, -0.05) is 11.6 Å². The molecule has 1 N–H and O–H groups in total. The Hall–Kier alpha value is -1.09. The van der Waals surface area contributed by atoms with Crippen LogP contribution in [0.15, 0.2) is 28.0 Å². The predicted molar refractivity (Wildman–Crippen MR) is 49.3 cm³/mol. The van der Waals surface area contributed by atoms with Crippen molar-refractivity contribution in [2.24, 2.45) is 10.4 Å². The minimum absolute atomic E-state index is 0.0646. The number of fused-ring (bicyclic) bond motifs is 2. The third kappa shape index (κ3) is 0.753. The Kier molecular flexibility index (Phi) is 1.15. The summed E-state index contributed by atoms with van der Waals surface area (Å²) in [6.45, 7) is 0. The minimum Gasteiger partial charge on any atom is -0.331 e. The van der Waals surface area contributed by atoms with Crippen LogP contribution in [0.3, 0.4) is 0 Å². The summed E-state index contributed by atoms with van der Waals surface area (Å²) in [4.78, 5) is 15.7. The second-order valence-electron chi connectivity index (χ2n) is 3.57. The number of halogens is 1. The van der Waals surface area contributed by atoms with E-state index in [0.29, 0.717) is 5.03 Å². The summed E-state index contributed by atoms with van der Waals surface area (Å²) in [6, 6.07) is 0. The number of hydrogen-bond acceptors (Lipinski definition) is 2. The Morgan fingerprint density at radius 2 is 2.31 bits per heavy atom. The van der Waals surface area contributed by atoms with Crippen molar-refractivity contribution in [3.8, 4) is 0 Å². The van der Waals surface area contributed by atoms with Gasteiger partial charge in [0.05, 0.1) is 16.2 Å². The summed E-state index contributed by atoms with van der Waals surface area (Å²) in [6.07, 6.45) is 5.06. The van der Waals surface area contributed by atoms with Gasteiger partial charge in [0.2, 0.25) is 5.91 Å². The zero-order valence-corrected chi connectivity index (χ0v) is 7.56. The highest BCUT2D eigenvalue weighted by atomic mass is 35.5. The van der Waals surface area contributed by atoms with E-state index in [4.69, 9.17) is 11.6 Å². The number of carbonyl (C=O) groups is 1. The molecule has 1 aliphatic carbocycles. The first-order chi connectivity index (χ1) is 6.24. The quantitative estimate of drug-likeness (QED) is 0.621. The van der Waals surface area contributed by atoms with Gasteiger partial charge in [-0.05, 0) is 12.8 Å². The molecule has 1 saturated carbocycles. The van der Waals surface area contributed by atoms with Crippen LogP contribution in [0, 0.1) is 5.41 Å². The van der Waals surface area contributed by atoms with Crippen molar-refractivity contribution in [3.63, 3.8) is 0 Å². The van der Waals surface area contributed by atoms with E-state index in [1.807, 2.05) is 0 Å². The van der Waals surface area contributed by atoms with Crippen molar-refractivity contribution in [1.29, 1.82) is 0 Å². The van der Waals surface area contributed by atoms with E-state index in [9.17, 15) is 4.79 Å². The largest absolute Gasteiger partial charge is 0.331 e. The fraction of sp³-hybridized carbons (Fsp3) is 0.333. The lowest BCUT2D eigenvalue weighted by Crippen LogP contribution is -2.39. The number of nitrogens with zero attached hydrogens (tertiary/aromatic N) is 1. The zero-order chi connectivity index (χ0) is 9.05. The molecule has 13 heavy (non-hydrogen) atoms. The van der Waals surface area contributed by atoms with Crippen LogP contribution in [0.25, 0.3) is 0 Å². The average molecular weight is 195 g/mol. The van der Waals surface area contributed by atoms with E-state index in [-0.39, 0.29) is 11.3 Å². The van der Waals surface area contributed by atoms with Gasteiger partial charge in [0.25, 0.3) is 0 Å². The maximum atomic E-state index is 11.5. The highest BCUT2D eigenvalue weighted by Gasteiger charge is 2.57. The van der Waals surface area contributed by atoms with Crippen LogP contribution >= 0.6 is 11.6 Å². The lowest BCUT2D eigenvalue weighted by molar-refractivity contribution is -0.123. The number of amides is 1. The van der Waals surface area contributed by atoms with Gasteiger partial charge in [-0.25, -0.2) is 0 Å². The van der Waals surface area contributed by atoms with Crippen molar-refractivity contribution in [1.82, 2.24) is 5.32 Å². The van der Waals surface area contributed by atoms with Gasteiger partial charge < -0.3 is 5.32 Å². The van der Waals surface area contributed by atoms with E-state index < -0.39 is 0 Å². The van der Waals surface area contributed by atoms with Crippen LogP contribution in [0.1, 0.15) is 12.8 Å². The number of hydrogen-bond donors (Lipinski definition) is 1. The number of carbonyl (C=O) groups excluding carboxylic acids is 1. The molecule has 3 nitrogen and oxygen atoms in total. The molecule has 2 aliphatic heterocycles. The molecule has 3 rings (SSSR count).